The molecule has 0 aliphatic heterocycles. The Kier molecular flexibility index (Phi) is 3.72. The Hall–Kier alpha value is -1.75. The smallest absolute Gasteiger partial charge is 0.256 e. The SMILES string of the molecule is Cc1cccc(C(=O)Nc2ccc(F)nc2)c1Br. The van der Waals surface area contributed by atoms with Crippen molar-refractivity contribution in [3.8, 4) is 0 Å². The van der Waals surface area contributed by atoms with Crippen molar-refractivity contribution in [2.45, 2.75) is 6.92 Å². The van der Waals surface area contributed by atoms with Gasteiger partial charge in [-0.05, 0) is 46.6 Å². The minimum absolute atomic E-state index is 0.265. The molecule has 1 aromatic heterocycles. The van der Waals surface area contributed by atoms with Crippen LogP contribution in [-0.2, 0) is 0 Å². The van der Waals surface area contributed by atoms with Crippen LogP contribution < -0.4 is 5.32 Å². The lowest BCUT2D eigenvalue weighted by atomic mass is 10.1. The molecule has 2 rings (SSSR count). The Bertz CT molecular complexity index is 584. The molecule has 0 aliphatic carbocycles. The van der Waals surface area contributed by atoms with Gasteiger partial charge in [-0.2, -0.15) is 4.39 Å². The standard InChI is InChI=1S/C13H10BrFN2O/c1-8-3-2-4-10(12(8)14)13(18)17-9-5-6-11(15)16-7-9/h2-7H,1H3,(H,17,18). The monoisotopic (exact) mass is 308 g/mol. The normalized spacial score (nSPS) is 10.2. The van der Waals surface area contributed by atoms with Gasteiger partial charge in [0.05, 0.1) is 17.4 Å². The molecule has 0 fully saturated rings. The second-order valence-corrected chi connectivity index (χ2v) is 4.55. The van der Waals surface area contributed by atoms with Gasteiger partial charge in [-0.15, -0.1) is 0 Å². The fourth-order valence-electron chi connectivity index (χ4n) is 1.47. The third-order valence-electron chi connectivity index (χ3n) is 2.42. The summed E-state index contributed by atoms with van der Waals surface area (Å²) in [7, 11) is 0. The summed E-state index contributed by atoms with van der Waals surface area (Å²) in [5.41, 5.74) is 1.95. The minimum atomic E-state index is -0.579. The summed E-state index contributed by atoms with van der Waals surface area (Å²) in [4.78, 5) is 15.5. The maximum absolute atomic E-state index is 12.6. The van der Waals surface area contributed by atoms with Crippen LogP contribution >= 0.6 is 15.9 Å². The first kappa shape index (κ1) is 12.7. The molecule has 0 saturated heterocycles. The lowest BCUT2D eigenvalue weighted by molar-refractivity contribution is 0.102. The van der Waals surface area contributed by atoms with Crippen molar-refractivity contribution in [1.82, 2.24) is 4.98 Å². The van der Waals surface area contributed by atoms with Crippen molar-refractivity contribution in [2.24, 2.45) is 0 Å². The van der Waals surface area contributed by atoms with E-state index < -0.39 is 5.95 Å². The molecule has 1 aromatic carbocycles. The van der Waals surface area contributed by atoms with Crippen LogP contribution in [0.3, 0.4) is 0 Å². The number of pyridine rings is 1. The first-order valence-corrected chi connectivity index (χ1v) is 6.05. The van der Waals surface area contributed by atoms with E-state index in [1.165, 1.54) is 18.3 Å². The van der Waals surface area contributed by atoms with Gasteiger partial charge in [0.2, 0.25) is 5.95 Å². The summed E-state index contributed by atoms with van der Waals surface area (Å²) < 4.78 is 13.4. The molecule has 0 radical (unpaired) electrons. The molecule has 1 N–H and O–H groups in total. The fraction of sp³-hybridized carbons (Fsp3) is 0.0769. The molecular weight excluding hydrogens is 299 g/mol. The van der Waals surface area contributed by atoms with Gasteiger partial charge >= 0.3 is 0 Å². The van der Waals surface area contributed by atoms with E-state index in [4.69, 9.17) is 0 Å². The summed E-state index contributed by atoms with van der Waals surface area (Å²) in [6, 6.07) is 8.08. The number of rotatable bonds is 2. The highest BCUT2D eigenvalue weighted by atomic mass is 79.9. The Morgan fingerprint density at radius 3 is 2.78 bits per heavy atom. The third-order valence-corrected chi connectivity index (χ3v) is 3.47. The number of carbonyl (C=O) groups excluding carboxylic acids is 1. The zero-order valence-electron chi connectivity index (χ0n) is 9.58. The third kappa shape index (κ3) is 2.73. The lowest BCUT2D eigenvalue weighted by Gasteiger charge is -2.08. The Morgan fingerprint density at radius 1 is 1.33 bits per heavy atom. The van der Waals surface area contributed by atoms with Crippen LogP contribution in [0.2, 0.25) is 0 Å². The zero-order chi connectivity index (χ0) is 13.1. The molecule has 1 heterocycles. The number of anilines is 1. The van der Waals surface area contributed by atoms with Crippen LogP contribution in [0.5, 0.6) is 0 Å². The molecule has 0 saturated carbocycles. The first-order valence-electron chi connectivity index (χ1n) is 5.26. The quantitative estimate of drug-likeness (QED) is 0.862. The van der Waals surface area contributed by atoms with Crippen molar-refractivity contribution >= 4 is 27.5 Å². The van der Waals surface area contributed by atoms with Crippen LogP contribution in [-0.4, -0.2) is 10.9 Å². The molecule has 2 aromatic rings. The number of benzene rings is 1. The number of halogens is 2. The number of hydrogen-bond acceptors (Lipinski definition) is 2. The molecule has 0 aliphatic rings. The Morgan fingerprint density at radius 2 is 2.11 bits per heavy atom. The summed E-state index contributed by atoms with van der Waals surface area (Å²) in [5.74, 6) is -0.844. The highest BCUT2D eigenvalue weighted by molar-refractivity contribution is 9.10. The summed E-state index contributed by atoms with van der Waals surface area (Å²) >= 11 is 3.37. The maximum Gasteiger partial charge on any atom is 0.256 e. The first-order chi connectivity index (χ1) is 8.58. The predicted octanol–water partition coefficient (Wildman–Crippen LogP) is 3.54. The van der Waals surface area contributed by atoms with E-state index in [0.717, 1.165) is 10.0 Å². The van der Waals surface area contributed by atoms with Crippen LogP contribution in [0.1, 0.15) is 15.9 Å². The molecule has 1 amide bonds. The van der Waals surface area contributed by atoms with Gasteiger partial charge in [0.25, 0.3) is 5.91 Å². The number of hydrogen-bond donors (Lipinski definition) is 1. The number of nitrogens with one attached hydrogen (secondary N) is 1. The fourth-order valence-corrected chi connectivity index (χ4v) is 1.92. The van der Waals surface area contributed by atoms with E-state index in [9.17, 15) is 9.18 Å². The van der Waals surface area contributed by atoms with Crippen molar-refractivity contribution in [3.63, 3.8) is 0 Å². The van der Waals surface area contributed by atoms with E-state index in [1.54, 1.807) is 12.1 Å². The average Bonchev–Trinajstić information content (AvgIpc) is 2.35. The van der Waals surface area contributed by atoms with Crippen LogP contribution in [0.15, 0.2) is 41.0 Å². The zero-order valence-corrected chi connectivity index (χ0v) is 11.2. The number of amides is 1. The second-order valence-electron chi connectivity index (χ2n) is 3.76. The van der Waals surface area contributed by atoms with Gasteiger partial charge in [0, 0.05) is 4.47 Å². The Balaban J connectivity index is 2.22. The van der Waals surface area contributed by atoms with Crippen molar-refractivity contribution in [3.05, 3.63) is 58.1 Å². The highest BCUT2D eigenvalue weighted by Crippen LogP contribution is 2.22. The average molecular weight is 309 g/mol. The van der Waals surface area contributed by atoms with Gasteiger partial charge in [-0.1, -0.05) is 12.1 Å². The van der Waals surface area contributed by atoms with Crippen LogP contribution in [0, 0.1) is 12.9 Å². The molecular formula is C13H10BrFN2O. The predicted molar refractivity (Wildman–Crippen MR) is 71.0 cm³/mol. The topological polar surface area (TPSA) is 42.0 Å². The Labute approximate surface area is 112 Å². The molecule has 92 valence electrons. The molecule has 0 unspecified atom stereocenters. The minimum Gasteiger partial charge on any atom is -0.321 e. The number of carbonyl (C=O) groups is 1. The molecule has 0 atom stereocenters. The van der Waals surface area contributed by atoms with Gasteiger partial charge in [0.15, 0.2) is 0 Å². The van der Waals surface area contributed by atoms with Crippen LogP contribution in [0.25, 0.3) is 0 Å². The summed E-state index contributed by atoms with van der Waals surface area (Å²) in [5, 5.41) is 2.66. The molecule has 18 heavy (non-hydrogen) atoms. The van der Waals surface area contributed by atoms with Crippen molar-refractivity contribution in [2.75, 3.05) is 5.32 Å². The number of nitrogens with zero attached hydrogens (tertiary/aromatic N) is 1. The summed E-state index contributed by atoms with van der Waals surface area (Å²) in [6.07, 6.45) is 1.27. The van der Waals surface area contributed by atoms with Crippen LogP contribution in [0.4, 0.5) is 10.1 Å². The maximum atomic E-state index is 12.6. The molecule has 3 nitrogen and oxygen atoms in total. The van der Waals surface area contributed by atoms with E-state index in [2.05, 4.69) is 26.2 Å². The van der Waals surface area contributed by atoms with E-state index in [1.807, 2.05) is 13.0 Å². The summed E-state index contributed by atoms with van der Waals surface area (Å²) in [6.45, 7) is 1.90. The highest BCUT2D eigenvalue weighted by Gasteiger charge is 2.11. The number of aryl methyl sites for hydroxylation is 1. The number of aromatic nitrogens is 1. The van der Waals surface area contributed by atoms with E-state index in [-0.39, 0.29) is 5.91 Å². The van der Waals surface area contributed by atoms with Crippen molar-refractivity contribution in [1.29, 1.82) is 0 Å². The van der Waals surface area contributed by atoms with Gasteiger partial charge in [-0.3, -0.25) is 4.79 Å². The van der Waals surface area contributed by atoms with E-state index in [0.29, 0.717) is 11.3 Å². The lowest BCUT2D eigenvalue weighted by Crippen LogP contribution is -2.13. The van der Waals surface area contributed by atoms with Gasteiger partial charge in [-0.25, -0.2) is 4.98 Å². The largest absolute Gasteiger partial charge is 0.321 e. The van der Waals surface area contributed by atoms with Gasteiger partial charge in [0.1, 0.15) is 0 Å². The molecule has 0 spiro atoms. The second kappa shape index (κ2) is 5.27. The molecule has 0 bridgehead atoms. The van der Waals surface area contributed by atoms with E-state index >= 15 is 0 Å². The van der Waals surface area contributed by atoms with Gasteiger partial charge < -0.3 is 5.32 Å². The van der Waals surface area contributed by atoms with Crippen molar-refractivity contribution < 1.29 is 9.18 Å². The molecule has 5 heteroatoms.